The second-order valence-corrected chi connectivity index (χ2v) is 7.97. The molecular formula is C21H31N3O2. The molecule has 0 aromatic heterocycles. The van der Waals surface area contributed by atoms with Crippen molar-refractivity contribution in [3.63, 3.8) is 0 Å². The van der Waals surface area contributed by atoms with E-state index in [1.807, 2.05) is 30.3 Å². The molecule has 3 aliphatic rings. The monoisotopic (exact) mass is 357 g/mol. The molecule has 4 rings (SSSR count). The number of rotatable bonds is 5. The highest BCUT2D eigenvalue weighted by Gasteiger charge is 2.42. The van der Waals surface area contributed by atoms with E-state index in [1.165, 1.54) is 45.2 Å². The van der Waals surface area contributed by atoms with Gasteiger partial charge in [-0.25, -0.2) is 0 Å². The molecule has 2 heterocycles. The van der Waals surface area contributed by atoms with Crippen LogP contribution < -0.4 is 10.1 Å². The summed E-state index contributed by atoms with van der Waals surface area (Å²) in [6.07, 6.45) is 7.35. The minimum absolute atomic E-state index is 0.0611. The number of nitrogens with one attached hydrogen (secondary N) is 1. The molecule has 2 saturated heterocycles. The Hall–Kier alpha value is -1.59. The number of carbonyl (C=O) groups is 1. The summed E-state index contributed by atoms with van der Waals surface area (Å²) in [5.41, 5.74) is 0. The van der Waals surface area contributed by atoms with Crippen molar-refractivity contribution in [3.8, 4) is 5.75 Å². The molecule has 1 aromatic rings. The third kappa shape index (κ3) is 3.74. The zero-order chi connectivity index (χ0) is 17.9. The molecule has 1 saturated carbocycles. The molecule has 2 aliphatic heterocycles. The van der Waals surface area contributed by atoms with E-state index in [2.05, 4.69) is 15.1 Å². The molecule has 0 radical (unpaired) electrons. The van der Waals surface area contributed by atoms with Crippen LogP contribution >= 0.6 is 0 Å². The Morgan fingerprint density at radius 1 is 1.08 bits per heavy atom. The van der Waals surface area contributed by atoms with E-state index in [9.17, 15) is 4.79 Å². The fourth-order valence-corrected chi connectivity index (χ4v) is 4.76. The first kappa shape index (κ1) is 17.8. The molecule has 0 unspecified atom stereocenters. The largest absolute Gasteiger partial charge is 0.489 e. The predicted octanol–water partition coefficient (Wildman–Crippen LogP) is 2.27. The van der Waals surface area contributed by atoms with Crippen LogP contribution in [-0.4, -0.2) is 66.6 Å². The van der Waals surface area contributed by atoms with Crippen LogP contribution in [0.5, 0.6) is 5.75 Å². The highest BCUT2D eigenvalue weighted by molar-refractivity contribution is 5.81. The molecule has 1 N–H and O–H groups in total. The highest BCUT2D eigenvalue weighted by Crippen LogP contribution is 2.32. The average molecular weight is 357 g/mol. The van der Waals surface area contributed by atoms with Gasteiger partial charge in [-0.3, -0.25) is 9.69 Å². The van der Waals surface area contributed by atoms with Crippen molar-refractivity contribution in [1.29, 1.82) is 0 Å². The first-order valence-corrected chi connectivity index (χ1v) is 10.2. The Balaban J connectivity index is 1.39. The lowest BCUT2D eigenvalue weighted by molar-refractivity contribution is -0.126. The Morgan fingerprint density at radius 2 is 1.81 bits per heavy atom. The SMILES string of the molecule is CNC(=O)[C@@H]1C[C@H](Oc2ccccc2)CN1C1CCN(C2CCC2)CC1. The molecule has 142 valence electrons. The van der Waals surface area contributed by atoms with Gasteiger partial charge >= 0.3 is 0 Å². The van der Waals surface area contributed by atoms with Gasteiger partial charge in [0.25, 0.3) is 0 Å². The normalized spacial score (nSPS) is 28.7. The standard InChI is InChI=1S/C21H31N3O2/c1-22-21(25)20-14-19(26-18-8-3-2-4-9-18)15-24(20)17-10-12-23(13-11-17)16-6-5-7-16/h2-4,8-9,16-17,19-20H,5-7,10-15H2,1H3,(H,22,25)/t19-,20-/m0/s1. The minimum Gasteiger partial charge on any atom is -0.489 e. The average Bonchev–Trinajstić information content (AvgIpc) is 3.05. The second-order valence-electron chi connectivity index (χ2n) is 7.97. The number of likely N-dealkylation sites (tertiary alicyclic amines) is 2. The van der Waals surface area contributed by atoms with Crippen LogP contribution in [-0.2, 0) is 4.79 Å². The highest BCUT2D eigenvalue weighted by atomic mass is 16.5. The van der Waals surface area contributed by atoms with Crippen molar-refractivity contribution >= 4 is 5.91 Å². The van der Waals surface area contributed by atoms with Gasteiger partial charge in [-0.15, -0.1) is 0 Å². The number of piperidine rings is 1. The lowest BCUT2D eigenvalue weighted by Crippen LogP contribution is -2.53. The smallest absolute Gasteiger partial charge is 0.237 e. The maximum absolute atomic E-state index is 12.5. The van der Waals surface area contributed by atoms with E-state index in [4.69, 9.17) is 4.74 Å². The van der Waals surface area contributed by atoms with Gasteiger partial charge in [0.15, 0.2) is 0 Å². The number of amides is 1. The van der Waals surface area contributed by atoms with Crippen LogP contribution in [0.15, 0.2) is 30.3 Å². The number of para-hydroxylation sites is 1. The quantitative estimate of drug-likeness (QED) is 0.878. The van der Waals surface area contributed by atoms with Gasteiger partial charge in [-0.2, -0.15) is 0 Å². The Labute approximate surface area is 156 Å². The molecule has 1 aromatic carbocycles. The number of hydrogen-bond donors (Lipinski definition) is 1. The van der Waals surface area contributed by atoms with Gasteiger partial charge in [0.05, 0.1) is 6.04 Å². The first-order valence-electron chi connectivity index (χ1n) is 10.2. The fraction of sp³-hybridized carbons (Fsp3) is 0.667. The summed E-state index contributed by atoms with van der Waals surface area (Å²) < 4.78 is 6.18. The van der Waals surface area contributed by atoms with Crippen molar-refractivity contribution < 1.29 is 9.53 Å². The molecule has 1 aliphatic carbocycles. The van der Waals surface area contributed by atoms with Gasteiger partial charge in [0.1, 0.15) is 11.9 Å². The molecule has 0 spiro atoms. The lowest BCUT2D eigenvalue weighted by Gasteiger charge is -2.44. The Bertz CT molecular complexity index is 597. The zero-order valence-corrected chi connectivity index (χ0v) is 15.8. The molecule has 5 heteroatoms. The first-order chi connectivity index (χ1) is 12.7. The van der Waals surface area contributed by atoms with E-state index in [0.29, 0.717) is 6.04 Å². The number of benzene rings is 1. The molecule has 26 heavy (non-hydrogen) atoms. The molecular weight excluding hydrogens is 326 g/mol. The van der Waals surface area contributed by atoms with Crippen LogP contribution in [0.3, 0.4) is 0 Å². The summed E-state index contributed by atoms with van der Waals surface area (Å²) in [5, 5.41) is 2.86. The van der Waals surface area contributed by atoms with Crippen LogP contribution in [0.2, 0.25) is 0 Å². The summed E-state index contributed by atoms with van der Waals surface area (Å²) >= 11 is 0. The summed E-state index contributed by atoms with van der Waals surface area (Å²) in [6, 6.07) is 11.2. The van der Waals surface area contributed by atoms with E-state index >= 15 is 0 Å². The van der Waals surface area contributed by atoms with Crippen LogP contribution in [0.25, 0.3) is 0 Å². The van der Waals surface area contributed by atoms with Crippen LogP contribution in [0.4, 0.5) is 0 Å². The second kappa shape index (κ2) is 7.97. The van der Waals surface area contributed by atoms with Crippen LogP contribution in [0, 0.1) is 0 Å². The van der Waals surface area contributed by atoms with E-state index in [-0.39, 0.29) is 18.1 Å². The summed E-state index contributed by atoms with van der Waals surface area (Å²) in [7, 11) is 1.74. The Morgan fingerprint density at radius 3 is 2.42 bits per heavy atom. The summed E-state index contributed by atoms with van der Waals surface area (Å²) in [5.74, 6) is 1.03. The van der Waals surface area contributed by atoms with Crippen molar-refractivity contribution in [3.05, 3.63) is 30.3 Å². The van der Waals surface area contributed by atoms with Crippen molar-refractivity contribution in [1.82, 2.24) is 15.1 Å². The Kier molecular flexibility index (Phi) is 5.46. The van der Waals surface area contributed by atoms with Gasteiger partial charge in [-0.05, 0) is 50.9 Å². The van der Waals surface area contributed by atoms with Gasteiger partial charge in [0, 0.05) is 32.1 Å². The van der Waals surface area contributed by atoms with E-state index < -0.39 is 0 Å². The van der Waals surface area contributed by atoms with Crippen molar-refractivity contribution in [2.75, 3.05) is 26.7 Å². The lowest BCUT2D eigenvalue weighted by atomic mass is 9.89. The topological polar surface area (TPSA) is 44.8 Å². The van der Waals surface area contributed by atoms with E-state index in [0.717, 1.165) is 24.8 Å². The number of hydrogen-bond acceptors (Lipinski definition) is 4. The van der Waals surface area contributed by atoms with Crippen LogP contribution in [0.1, 0.15) is 38.5 Å². The maximum atomic E-state index is 12.5. The number of nitrogens with zero attached hydrogens (tertiary/aromatic N) is 2. The van der Waals surface area contributed by atoms with Crippen molar-refractivity contribution in [2.45, 2.75) is 62.8 Å². The third-order valence-electron chi connectivity index (χ3n) is 6.46. The molecule has 5 nitrogen and oxygen atoms in total. The number of ether oxygens (including phenoxy) is 1. The zero-order valence-electron chi connectivity index (χ0n) is 15.8. The number of carbonyl (C=O) groups excluding carboxylic acids is 1. The van der Waals surface area contributed by atoms with Gasteiger partial charge in [0.2, 0.25) is 5.91 Å². The summed E-state index contributed by atoms with van der Waals surface area (Å²) in [4.78, 5) is 17.6. The van der Waals surface area contributed by atoms with Gasteiger partial charge in [-0.1, -0.05) is 24.6 Å². The predicted molar refractivity (Wildman–Crippen MR) is 102 cm³/mol. The maximum Gasteiger partial charge on any atom is 0.237 e. The fourth-order valence-electron chi connectivity index (χ4n) is 4.76. The molecule has 1 amide bonds. The molecule has 0 bridgehead atoms. The van der Waals surface area contributed by atoms with Crippen molar-refractivity contribution in [2.24, 2.45) is 0 Å². The number of likely N-dealkylation sites (N-methyl/N-ethyl adjacent to an activating group) is 1. The molecule has 2 atom stereocenters. The summed E-state index contributed by atoms with van der Waals surface area (Å²) in [6.45, 7) is 3.20. The molecule has 3 fully saturated rings. The third-order valence-corrected chi connectivity index (χ3v) is 6.46. The minimum atomic E-state index is -0.0611. The van der Waals surface area contributed by atoms with Gasteiger partial charge < -0.3 is 15.0 Å². The van der Waals surface area contributed by atoms with E-state index in [1.54, 1.807) is 7.05 Å².